The minimum Gasteiger partial charge on any atom is -0.381 e. The predicted octanol–water partition coefficient (Wildman–Crippen LogP) is 1.58. The number of hydrogen-bond donors (Lipinski definition) is 1. The quantitative estimate of drug-likeness (QED) is 0.498. The van der Waals surface area contributed by atoms with Crippen LogP contribution in [0.1, 0.15) is 19.3 Å². The van der Waals surface area contributed by atoms with Crippen molar-refractivity contribution in [2.75, 3.05) is 26.3 Å². The molecule has 0 aromatic rings. The lowest BCUT2D eigenvalue weighted by atomic mass is 10.0. The van der Waals surface area contributed by atoms with Crippen LogP contribution in [0.25, 0.3) is 0 Å². The van der Waals surface area contributed by atoms with E-state index in [1.165, 1.54) is 19.4 Å². The molecule has 0 bridgehead atoms. The van der Waals surface area contributed by atoms with E-state index in [-0.39, 0.29) is 0 Å². The molecule has 0 saturated carbocycles. The first kappa shape index (κ1) is 9.75. The smallest absolute Gasteiger partial charge is 0.0506 e. The van der Waals surface area contributed by atoms with Gasteiger partial charge in [0.15, 0.2) is 0 Å². The fourth-order valence-electron chi connectivity index (χ4n) is 1.48. The molecule has 1 saturated heterocycles. The molecule has 1 unspecified atom stereocenters. The summed E-state index contributed by atoms with van der Waals surface area (Å²) in [5.41, 5.74) is 0. The van der Waals surface area contributed by atoms with E-state index in [9.17, 15) is 0 Å². The minimum atomic E-state index is 0.739. The van der Waals surface area contributed by atoms with Crippen molar-refractivity contribution >= 4 is 0 Å². The molecule has 1 aliphatic rings. The molecule has 0 amide bonds. The van der Waals surface area contributed by atoms with Crippen molar-refractivity contribution < 1.29 is 4.74 Å². The molecule has 1 N–H and O–H groups in total. The van der Waals surface area contributed by atoms with Crippen LogP contribution in [0, 0.1) is 5.92 Å². The maximum Gasteiger partial charge on any atom is 0.0506 e. The van der Waals surface area contributed by atoms with Crippen LogP contribution in [0.4, 0.5) is 0 Å². The highest BCUT2D eigenvalue weighted by atomic mass is 16.5. The molecule has 12 heavy (non-hydrogen) atoms. The topological polar surface area (TPSA) is 21.3 Å². The second kappa shape index (κ2) is 6.21. The monoisotopic (exact) mass is 169 g/mol. The molecule has 0 spiro atoms. The molecular formula is C10H19NO. The van der Waals surface area contributed by atoms with Gasteiger partial charge in [0.1, 0.15) is 0 Å². The second-order valence-electron chi connectivity index (χ2n) is 3.36. The Morgan fingerprint density at radius 1 is 1.58 bits per heavy atom. The zero-order valence-electron chi connectivity index (χ0n) is 7.72. The van der Waals surface area contributed by atoms with Crippen LogP contribution in [0.15, 0.2) is 12.7 Å². The van der Waals surface area contributed by atoms with Crippen LogP contribution >= 0.6 is 0 Å². The number of hydrogen-bond acceptors (Lipinski definition) is 2. The lowest BCUT2D eigenvalue weighted by Crippen LogP contribution is -2.32. The van der Waals surface area contributed by atoms with E-state index in [1.807, 2.05) is 6.08 Å². The Bertz CT molecular complexity index is 119. The molecule has 0 aromatic carbocycles. The van der Waals surface area contributed by atoms with E-state index in [4.69, 9.17) is 4.74 Å². The van der Waals surface area contributed by atoms with Gasteiger partial charge in [-0.2, -0.15) is 0 Å². The van der Waals surface area contributed by atoms with Crippen LogP contribution in [0.3, 0.4) is 0 Å². The summed E-state index contributed by atoms with van der Waals surface area (Å²) in [7, 11) is 0. The van der Waals surface area contributed by atoms with Gasteiger partial charge in [-0.15, -0.1) is 6.58 Å². The highest BCUT2D eigenvalue weighted by Gasteiger charge is 2.11. The fourth-order valence-corrected chi connectivity index (χ4v) is 1.48. The molecule has 1 fully saturated rings. The van der Waals surface area contributed by atoms with Crippen LogP contribution in [-0.2, 0) is 4.74 Å². The van der Waals surface area contributed by atoms with Crippen molar-refractivity contribution in [2.24, 2.45) is 5.92 Å². The van der Waals surface area contributed by atoms with Gasteiger partial charge in [-0.25, -0.2) is 0 Å². The van der Waals surface area contributed by atoms with Gasteiger partial charge in [0, 0.05) is 6.54 Å². The van der Waals surface area contributed by atoms with E-state index in [1.54, 1.807) is 0 Å². The normalized spacial score (nSPS) is 23.8. The first-order chi connectivity index (χ1) is 5.93. The Morgan fingerprint density at radius 2 is 2.50 bits per heavy atom. The standard InChI is InChI=1S/C10H19NO/c1-2-3-7-12-9-10-5-4-6-11-8-10/h2,10-11H,1,3-9H2. The van der Waals surface area contributed by atoms with E-state index < -0.39 is 0 Å². The highest BCUT2D eigenvalue weighted by molar-refractivity contribution is 4.69. The van der Waals surface area contributed by atoms with E-state index in [0.29, 0.717) is 0 Å². The molecule has 70 valence electrons. The zero-order valence-corrected chi connectivity index (χ0v) is 7.72. The van der Waals surface area contributed by atoms with Crippen molar-refractivity contribution in [2.45, 2.75) is 19.3 Å². The van der Waals surface area contributed by atoms with Crippen LogP contribution in [0.2, 0.25) is 0 Å². The van der Waals surface area contributed by atoms with Gasteiger partial charge in [0.05, 0.1) is 13.2 Å². The fraction of sp³-hybridized carbons (Fsp3) is 0.800. The third-order valence-electron chi connectivity index (χ3n) is 2.22. The largest absolute Gasteiger partial charge is 0.381 e. The van der Waals surface area contributed by atoms with Gasteiger partial charge in [0.25, 0.3) is 0 Å². The maximum absolute atomic E-state index is 5.50. The van der Waals surface area contributed by atoms with Crippen LogP contribution in [-0.4, -0.2) is 26.3 Å². The van der Waals surface area contributed by atoms with E-state index >= 15 is 0 Å². The molecule has 1 aliphatic heterocycles. The van der Waals surface area contributed by atoms with E-state index in [2.05, 4.69) is 11.9 Å². The Hall–Kier alpha value is -0.340. The van der Waals surface area contributed by atoms with Crippen LogP contribution in [0.5, 0.6) is 0 Å². The molecule has 2 nitrogen and oxygen atoms in total. The van der Waals surface area contributed by atoms with Gasteiger partial charge < -0.3 is 10.1 Å². The third kappa shape index (κ3) is 3.88. The lowest BCUT2D eigenvalue weighted by molar-refractivity contribution is 0.0933. The zero-order chi connectivity index (χ0) is 8.65. The molecule has 1 rings (SSSR count). The molecule has 1 atom stereocenters. The summed E-state index contributed by atoms with van der Waals surface area (Å²) in [4.78, 5) is 0. The Kier molecular flexibility index (Phi) is 5.04. The van der Waals surface area contributed by atoms with Crippen molar-refractivity contribution in [3.63, 3.8) is 0 Å². The highest BCUT2D eigenvalue weighted by Crippen LogP contribution is 2.09. The molecule has 0 radical (unpaired) electrons. The van der Waals surface area contributed by atoms with Gasteiger partial charge in [-0.1, -0.05) is 6.08 Å². The van der Waals surface area contributed by atoms with Crippen molar-refractivity contribution in [1.82, 2.24) is 5.32 Å². The molecule has 1 heterocycles. The summed E-state index contributed by atoms with van der Waals surface area (Å²) in [5.74, 6) is 0.739. The first-order valence-corrected chi connectivity index (χ1v) is 4.83. The summed E-state index contributed by atoms with van der Waals surface area (Å²) in [6.45, 7) is 7.72. The van der Waals surface area contributed by atoms with Crippen molar-refractivity contribution in [1.29, 1.82) is 0 Å². The van der Waals surface area contributed by atoms with Gasteiger partial charge in [-0.3, -0.25) is 0 Å². The Morgan fingerprint density at radius 3 is 3.17 bits per heavy atom. The maximum atomic E-state index is 5.50. The number of piperidine rings is 1. The summed E-state index contributed by atoms with van der Waals surface area (Å²) in [6.07, 6.45) is 5.50. The SMILES string of the molecule is C=CCCOCC1CCCNC1. The van der Waals surface area contributed by atoms with Crippen molar-refractivity contribution in [3.05, 3.63) is 12.7 Å². The van der Waals surface area contributed by atoms with Crippen LogP contribution < -0.4 is 5.32 Å². The average molecular weight is 169 g/mol. The summed E-state index contributed by atoms with van der Waals surface area (Å²) in [5, 5.41) is 3.38. The summed E-state index contributed by atoms with van der Waals surface area (Å²) in [6, 6.07) is 0. The molecule has 0 aliphatic carbocycles. The third-order valence-corrected chi connectivity index (χ3v) is 2.22. The Labute approximate surface area is 75.0 Å². The number of nitrogens with one attached hydrogen (secondary N) is 1. The summed E-state index contributed by atoms with van der Waals surface area (Å²) >= 11 is 0. The average Bonchev–Trinajstić information content (AvgIpc) is 2.14. The van der Waals surface area contributed by atoms with Gasteiger partial charge >= 0.3 is 0 Å². The molecule has 0 aromatic heterocycles. The van der Waals surface area contributed by atoms with Gasteiger partial charge in [-0.05, 0) is 31.7 Å². The minimum absolute atomic E-state index is 0.739. The Balaban J connectivity index is 1.94. The summed E-state index contributed by atoms with van der Waals surface area (Å²) < 4.78 is 5.50. The first-order valence-electron chi connectivity index (χ1n) is 4.83. The van der Waals surface area contributed by atoms with Crippen molar-refractivity contribution in [3.8, 4) is 0 Å². The molecular weight excluding hydrogens is 150 g/mol. The number of rotatable bonds is 5. The molecule has 2 heteroatoms. The van der Waals surface area contributed by atoms with Gasteiger partial charge in [0.2, 0.25) is 0 Å². The second-order valence-corrected chi connectivity index (χ2v) is 3.36. The van der Waals surface area contributed by atoms with E-state index in [0.717, 1.165) is 32.1 Å². The number of ether oxygens (including phenoxy) is 1. The lowest BCUT2D eigenvalue weighted by Gasteiger charge is -2.22. The predicted molar refractivity (Wildman–Crippen MR) is 51.2 cm³/mol.